The van der Waals surface area contributed by atoms with Gasteiger partial charge in [-0.25, -0.2) is 4.79 Å². The number of rotatable bonds is 7. The summed E-state index contributed by atoms with van der Waals surface area (Å²) in [5.74, 6) is -1.02. The fourth-order valence-corrected chi connectivity index (χ4v) is 2.49. The molecule has 0 atom stereocenters. The Morgan fingerprint density at radius 3 is 2.58 bits per heavy atom. The molecule has 0 saturated carbocycles. The lowest BCUT2D eigenvalue weighted by Crippen LogP contribution is -2.20. The SMILES string of the molecule is CC(C)c1nnc(NC(=O)COC(=O)/C=C/c2ccc([N+](=O)[O-])cc2)s1. The van der Waals surface area contributed by atoms with Gasteiger partial charge in [0.15, 0.2) is 6.61 Å². The van der Waals surface area contributed by atoms with E-state index in [1.54, 1.807) is 0 Å². The molecule has 0 saturated heterocycles. The van der Waals surface area contributed by atoms with Crippen molar-refractivity contribution in [3.05, 3.63) is 51.0 Å². The van der Waals surface area contributed by atoms with Crippen LogP contribution in [-0.2, 0) is 14.3 Å². The van der Waals surface area contributed by atoms with Crippen molar-refractivity contribution >= 4 is 40.1 Å². The van der Waals surface area contributed by atoms with Crippen molar-refractivity contribution in [3.63, 3.8) is 0 Å². The number of aromatic nitrogens is 2. The maximum Gasteiger partial charge on any atom is 0.331 e. The highest BCUT2D eigenvalue weighted by molar-refractivity contribution is 7.15. The van der Waals surface area contributed by atoms with Crippen molar-refractivity contribution in [3.8, 4) is 0 Å². The molecule has 0 aliphatic heterocycles. The number of hydrogen-bond donors (Lipinski definition) is 1. The largest absolute Gasteiger partial charge is 0.452 e. The molecule has 0 spiro atoms. The molecule has 2 rings (SSSR count). The van der Waals surface area contributed by atoms with E-state index in [0.717, 1.165) is 11.1 Å². The highest BCUT2D eigenvalue weighted by Crippen LogP contribution is 2.22. The van der Waals surface area contributed by atoms with Crippen LogP contribution >= 0.6 is 11.3 Å². The lowest BCUT2D eigenvalue weighted by Gasteiger charge is -2.01. The van der Waals surface area contributed by atoms with E-state index < -0.39 is 23.4 Å². The molecule has 9 nitrogen and oxygen atoms in total. The number of carbonyl (C=O) groups excluding carboxylic acids is 2. The van der Waals surface area contributed by atoms with E-state index in [0.29, 0.717) is 10.7 Å². The maximum atomic E-state index is 11.7. The molecule has 0 aliphatic rings. The Morgan fingerprint density at radius 1 is 1.31 bits per heavy atom. The molecule has 26 heavy (non-hydrogen) atoms. The Labute approximate surface area is 152 Å². The minimum atomic E-state index is -0.710. The van der Waals surface area contributed by atoms with Crippen LogP contribution in [0.2, 0.25) is 0 Å². The van der Waals surface area contributed by atoms with Gasteiger partial charge in [0.2, 0.25) is 5.13 Å². The standard InChI is InChI=1S/C16H16N4O5S/c1-10(2)15-18-19-16(26-15)17-13(21)9-25-14(22)8-5-11-3-6-12(7-4-11)20(23)24/h3-8,10H,9H2,1-2H3,(H,17,19,21)/b8-5+. The van der Waals surface area contributed by atoms with Crippen LogP contribution in [0, 0.1) is 10.1 Å². The quantitative estimate of drug-likeness (QED) is 0.341. The second-order valence-electron chi connectivity index (χ2n) is 5.44. The minimum Gasteiger partial charge on any atom is -0.452 e. The van der Waals surface area contributed by atoms with Gasteiger partial charge in [0, 0.05) is 24.1 Å². The molecule has 0 aliphatic carbocycles. The molecular weight excluding hydrogens is 360 g/mol. The number of benzene rings is 1. The van der Waals surface area contributed by atoms with Crippen LogP contribution in [0.4, 0.5) is 10.8 Å². The van der Waals surface area contributed by atoms with Gasteiger partial charge < -0.3 is 4.74 Å². The van der Waals surface area contributed by atoms with E-state index in [9.17, 15) is 19.7 Å². The number of esters is 1. The van der Waals surface area contributed by atoms with Gasteiger partial charge in [-0.15, -0.1) is 10.2 Å². The molecule has 0 bridgehead atoms. The zero-order valence-electron chi connectivity index (χ0n) is 14.0. The van der Waals surface area contributed by atoms with Crippen LogP contribution in [0.25, 0.3) is 6.08 Å². The zero-order chi connectivity index (χ0) is 19.1. The number of nitro benzene ring substituents is 1. The highest BCUT2D eigenvalue weighted by Gasteiger charge is 2.11. The molecular formula is C16H16N4O5S. The second-order valence-corrected chi connectivity index (χ2v) is 6.45. The number of nitro groups is 1. The van der Waals surface area contributed by atoms with E-state index in [1.807, 2.05) is 13.8 Å². The van der Waals surface area contributed by atoms with Gasteiger partial charge in [0.1, 0.15) is 5.01 Å². The summed E-state index contributed by atoms with van der Waals surface area (Å²) in [5, 5.41) is 22.0. The van der Waals surface area contributed by atoms with E-state index in [1.165, 1.54) is 41.7 Å². The predicted molar refractivity (Wildman–Crippen MR) is 95.7 cm³/mol. The number of carbonyl (C=O) groups is 2. The normalized spacial score (nSPS) is 10.9. The number of amides is 1. The Balaban J connectivity index is 1.79. The molecule has 2 aromatic rings. The summed E-state index contributed by atoms with van der Waals surface area (Å²) in [6.07, 6.45) is 2.57. The van der Waals surface area contributed by atoms with E-state index in [-0.39, 0.29) is 11.6 Å². The van der Waals surface area contributed by atoms with Crippen LogP contribution in [0.1, 0.15) is 30.3 Å². The fraction of sp³-hybridized carbons (Fsp3) is 0.250. The lowest BCUT2D eigenvalue weighted by molar-refractivity contribution is -0.384. The molecule has 1 N–H and O–H groups in total. The van der Waals surface area contributed by atoms with E-state index in [4.69, 9.17) is 4.74 Å². The molecule has 1 aromatic heterocycles. The zero-order valence-corrected chi connectivity index (χ0v) is 14.9. The van der Waals surface area contributed by atoms with Gasteiger partial charge in [-0.2, -0.15) is 0 Å². The van der Waals surface area contributed by atoms with Gasteiger partial charge in [0.25, 0.3) is 11.6 Å². The summed E-state index contributed by atoms with van der Waals surface area (Å²) in [6.45, 7) is 3.47. The van der Waals surface area contributed by atoms with Crippen LogP contribution in [-0.4, -0.2) is 33.6 Å². The monoisotopic (exact) mass is 376 g/mol. The molecule has 0 fully saturated rings. The first-order chi connectivity index (χ1) is 12.3. The average molecular weight is 376 g/mol. The molecule has 1 aromatic carbocycles. The molecule has 0 unspecified atom stereocenters. The Hall–Kier alpha value is -3.14. The van der Waals surface area contributed by atoms with Crippen LogP contribution in [0.15, 0.2) is 30.3 Å². The Bertz CT molecular complexity index is 829. The van der Waals surface area contributed by atoms with Crippen molar-refractivity contribution in [2.75, 3.05) is 11.9 Å². The van der Waals surface area contributed by atoms with Crippen molar-refractivity contribution < 1.29 is 19.2 Å². The van der Waals surface area contributed by atoms with Crippen molar-refractivity contribution in [2.24, 2.45) is 0 Å². The summed E-state index contributed by atoms with van der Waals surface area (Å²) >= 11 is 1.26. The number of nitrogens with one attached hydrogen (secondary N) is 1. The fourth-order valence-electron chi connectivity index (χ4n) is 1.73. The van der Waals surface area contributed by atoms with E-state index in [2.05, 4.69) is 15.5 Å². The van der Waals surface area contributed by atoms with Gasteiger partial charge in [-0.3, -0.25) is 20.2 Å². The molecule has 136 valence electrons. The topological polar surface area (TPSA) is 124 Å². The van der Waals surface area contributed by atoms with Gasteiger partial charge >= 0.3 is 5.97 Å². The lowest BCUT2D eigenvalue weighted by atomic mass is 10.2. The van der Waals surface area contributed by atoms with Crippen LogP contribution in [0.3, 0.4) is 0 Å². The first kappa shape index (κ1) is 19.2. The summed E-state index contributed by atoms with van der Waals surface area (Å²) in [5.41, 5.74) is 0.547. The number of ether oxygens (including phenoxy) is 1. The molecule has 10 heteroatoms. The smallest absolute Gasteiger partial charge is 0.331 e. The van der Waals surface area contributed by atoms with Crippen molar-refractivity contribution in [1.82, 2.24) is 10.2 Å². The third kappa shape index (κ3) is 5.74. The van der Waals surface area contributed by atoms with Crippen LogP contribution in [0.5, 0.6) is 0 Å². The van der Waals surface area contributed by atoms with Gasteiger partial charge in [-0.1, -0.05) is 25.2 Å². The second kappa shape index (κ2) is 8.81. The summed E-state index contributed by atoms with van der Waals surface area (Å²) in [7, 11) is 0. The molecule has 1 heterocycles. The Kier molecular flexibility index (Phi) is 6.50. The van der Waals surface area contributed by atoms with Crippen LogP contribution < -0.4 is 5.32 Å². The maximum absolute atomic E-state index is 11.7. The summed E-state index contributed by atoms with van der Waals surface area (Å²) < 4.78 is 4.82. The predicted octanol–water partition coefficient (Wildman–Crippen LogP) is 2.76. The van der Waals surface area contributed by atoms with Crippen molar-refractivity contribution in [1.29, 1.82) is 0 Å². The molecule has 0 radical (unpaired) electrons. The number of hydrogen-bond acceptors (Lipinski definition) is 8. The third-order valence-electron chi connectivity index (χ3n) is 3.04. The van der Waals surface area contributed by atoms with Gasteiger partial charge in [0.05, 0.1) is 4.92 Å². The molecule has 1 amide bonds. The minimum absolute atomic E-state index is 0.0429. The first-order valence-electron chi connectivity index (χ1n) is 7.57. The Morgan fingerprint density at radius 2 is 2.00 bits per heavy atom. The van der Waals surface area contributed by atoms with Crippen molar-refractivity contribution in [2.45, 2.75) is 19.8 Å². The third-order valence-corrected chi connectivity index (χ3v) is 4.18. The highest BCUT2D eigenvalue weighted by atomic mass is 32.1. The first-order valence-corrected chi connectivity index (χ1v) is 8.39. The number of anilines is 1. The number of nitrogens with zero attached hydrogens (tertiary/aromatic N) is 3. The van der Waals surface area contributed by atoms with Gasteiger partial charge in [-0.05, 0) is 23.8 Å². The number of non-ortho nitro benzene ring substituents is 1. The van der Waals surface area contributed by atoms with E-state index >= 15 is 0 Å². The summed E-state index contributed by atoms with van der Waals surface area (Å²) in [4.78, 5) is 33.4. The summed E-state index contributed by atoms with van der Waals surface area (Å²) in [6, 6.07) is 5.64. The average Bonchev–Trinajstić information content (AvgIpc) is 3.07.